The molecule has 0 bridgehead atoms. The monoisotopic (exact) mass is 242 g/mol. The van der Waals surface area contributed by atoms with E-state index in [0.29, 0.717) is 0 Å². The van der Waals surface area contributed by atoms with Crippen LogP contribution in [0.15, 0.2) is 22.7 Å². The van der Waals surface area contributed by atoms with Gasteiger partial charge in [-0.3, -0.25) is 0 Å². The van der Waals surface area contributed by atoms with Crippen molar-refractivity contribution in [3.8, 4) is 0 Å². The van der Waals surface area contributed by atoms with Crippen LogP contribution < -0.4 is 0 Å². The van der Waals surface area contributed by atoms with E-state index >= 15 is 0 Å². The highest BCUT2D eigenvalue weighted by Gasteiger charge is 2.08. The van der Waals surface area contributed by atoms with Crippen molar-refractivity contribution in [3.05, 3.63) is 33.8 Å². The van der Waals surface area contributed by atoms with E-state index < -0.39 is 0 Å². The van der Waals surface area contributed by atoms with Crippen molar-refractivity contribution < 1.29 is 5.11 Å². The summed E-state index contributed by atoms with van der Waals surface area (Å²) in [5.41, 5.74) is 2.57. The molecule has 0 aliphatic carbocycles. The van der Waals surface area contributed by atoms with Crippen LogP contribution in [0, 0.1) is 0 Å². The maximum Gasteiger partial charge on any atom is 0.0497 e. The second-order valence-corrected chi connectivity index (χ2v) is 4.20. The van der Waals surface area contributed by atoms with Crippen molar-refractivity contribution in [1.82, 2.24) is 0 Å². The Hall–Kier alpha value is -0.340. The van der Waals surface area contributed by atoms with Crippen molar-refractivity contribution in [3.63, 3.8) is 0 Å². The lowest BCUT2D eigenvalue weighted by atomic mass is 9.95. The summed E-state index contributed by atoms with van der Waals surface area (Å²) in [6.07, 6.45) is 1.02. The molecule has 1 rings (SSSR count). The van der Waals surface area contributed by atoms with E-state index in [1.807, 2.05) is 13.0 Å². The van der Waals surface area contributed by atoms with Gasteiger partial charge in [0.05, 0.1) is 0 Å². The van der Waals surface area contributed by atoms with E-state index in [2.05, 4.69) is 35.0 Å². The van der Waals surface area contributed by atoms with Crippen LogP contribution in [-0.4, -0.2) is 11.7 Å². The standard InChI is InChI=1S/C11H15BrO/c1-3-9-4-5-10(12)6-11(9)8(2)7-13/h4-6,8,13H,3,7H2,1-2H3. The van der Waals surface area contributed by atoms with E-state index in [-0.39, 0.29) is 12.5 Å². The van der Waals surface area contributed by atoms with Crippen LogP contribution >= 0.6 is 15.9 Å². The molecule has 0 aliphatic heterocycles. The number of hydrogen-bond acceptors (Lipinski definition) is 1. The molecular formula is C11H15BrO. The predicted octanol–water partition coefficient (Wildman–Crippen LogP) is 3.11. The Bertz CT molecular complexity index is 283. The van der Waals surface area contributed by atoms with E-state index in [1.54, 1.807) is 0 Å². The molecule has 0 saturated carbocycles. The predicted molar refractivity (Wildman–Crippen MR) is 59.0 cm³/mol. The van der Waals surface area contributed by atoms with Crippen LogP contribution in [0.4, 0.5) is 0 Å². The zero-order chi connectivity index (χ0) is 9.84. The molecular weight excluding hydrogens is 228 g/mol. The van der Waals surface area contributed by atoms with Crippen molar-refractivity contribution in [2.24, 2.45) is 0 Å². The Morgan fingerprint density at radius 1 is 1.46 bits per heavy atom. The van der Waals surface area contributed by atoms with Crippen LogP contribution in [0.1, 0.15) is 30.9 Å². The lowest BCUT2D eigenvalue weighted by Crippen LogP contribution is -2.02. The summed E-state index contributed by atoms with van der Waals surface area (Å²) in [6, 6.07) is 6.26. The fraction of sp³-hybridized carbons (Fsp3) is 0.455. The van der Waals surface area contributed by atoms with Gasteiger partial charge in [-0.25, -0.2) is 0 Å². The molecule has 1 aromatic carbocycles. The summed E-state index contributed by atoms with van der Waals surface area (Å²) >= 11 is 3.44. The van der Waals surface area contributed by atoms with Gasteiger partial charge in [0.1, 0.15) is 0 Å². The Morgan fingerprint density at radius 2 is 2.15 bits per heavy atom. The molecule has 1 atom stereocenters. The number of benzene rings is 1. The van der Waals surface area contributed by atoms with Gasteiger partial charge in [0.2, 0.25) is 0 Å². The van der Waals surface area contributed by atoms with E-state index in [4.69, 9.17) is 5.11 Å². The molecule has 1 unspecified atom stereocenters. The molecule has 0 aliphatic rings. The fourth-order valence-electron chi connectivity index (χ4n) is 1.44. The van der Waals surface area contributed by atoms with Gasteiger partial charge in [-0.15, -0.1) is 0 Å². The summed E-state index contributed by atoms with van der Waals surface area (Å²) in [5, 5.41) is 9.08. The second kappa shape index (κ2) is 4.77. The average Bonchev–Trinajstić information content (AvgIpc) is 2.16. The van der Waals surface area contributed by atoms with Gasteiger partial charge >= 0.3 is 0 Å². The number of halogens is 1. The Kier molecular flexibility index (Phi) is 3.94. The summed E-state index contributed by atoms with van der Waals surface area (Å²) in [6.45, 7) is 4.39. The van der Waals surface area contributed by atoms with Crippen LogP contribution in [0.5, 0.6) is 0 Å². The second-order valence-electron chi connectivity index (χ2n) is 3.28. The topological polar surface area (TPSA) is 20.2 Å². The molecule has 13 heavy (non-hydrogen) atoms. The number of aryl methyl sites for hydroxylation is 1. The van der Waals surface area contributed by atoms with Gasteiger partial charge < -0.3 is 5.11 Å². The maximum absolute atomic E-state index is 9.08. The largest absolute Gasteiger partial charge is 0.396 e. The fourth-order valence-corrected chi connectivity index (χ4v) is 1.82. The minimum absolute atomic E-state index is 0.212. The highest BCUT2D eigenvalue weighted by molar-refractivity contribution is 9.10. The zero-order valence-corrected chi connectivity index (χ0v) is 9.63. The van der Waals surface area contributed by atoms with Gasteiger partial charge in [-0.2, -0.15) is 0 Å². The Morgan fingerprint density at radius 3 is 2.69 bits per heavy atom. The van der Waals surface area contributed by atoms with Crippen LogP contribution in [-0.2, 0) is 6.42 Å². The van der Waals surface area contributed by atoms with Gasteiger partial charge in [-0.05, 0) is 29.7 Å². The lowest BCUT2D eigenvalue weighted by molar-refractivity contribution is 0.272. The third-order valence-electron chi connectivity index (χ3n) is 2.29. The summed E-state index contributed by atoms with van der Waals surface area (Å²) in [7, 11) is 0. The van der Waals surface area contributed by atoms with Gasteiger partial charge in [-0.1, -0.05) is 35.8 Å². The summed E-state index contributed by atoms with van der Waals surface area (Å²) < 4.78 is 1.08. The molecule has 0 amide bonds. The number of aliphatic hydroxyl groups is 1. The van der Waals surface area contributed by atoms with E-state index in [1.165, 1.54) is 11.1 Å². The van der Waals surface area contributed by atoms with Crippen LogP contribution in [0.2, 0.25) is 0 Å². The molecule has 1 N–H and O–H groups in total. The molecule has 0 aromatic heterocycles. The molecule has 0 fully saturated rings. The molecule has 0 spiro atoms. The minimum atomic E-state index is 0.212. The Labute approximate surface area is 87.9 Å². The van der Waals surface area contributed by atoms with E-state index in [0.717, 1.165) is 10.9 Å². The SMILES string of the molecule is CCc1ccc(Br)cc1C(C)CO. The number of aliphatic hydroxyl groups excluding tert-OH is 1. The lowest BCUT2D eigenvalue weighted by Gasteiger charge is -2.13. The zero-order valence-electron chi connectivity index (χ0n) is 8.05. The van der Waals surface area contributed by atoms with E-state index in [9.17, 15) is 0 Å². The average molecular weight is 243 g/mol. The quantitative estimate of drug-likeness (QED) is 0.864. The number of rotatable bonds is 3. The van der Waals surface area contributed by atoms with Gasteiger partial charge in [0.15, 0.2) is 0 Å². The first-order valence-electron chi connectivity index (χ1n) is 4.58. The molecule has 0 radical (unpaired) electrons. The highest BCUT2D eigenvalue weighted by atomic mass is 79.9. The summed E-state index contributed by atoms with van der Waals surface area (Å²) in [5.74, 6) is 0.229. The third-order valence-corrected chi connectivity index (χ3v) is 2.79. The number of hydrogen-bond donors (Lipinski definition) is 1. The minimum Gasteiger partial charge on any atom is -0.396 e. The first kappa shape index (κ1) is 10.7. The smallest absolute Gasteiger partial charge is 0.0497 e. The van der Waals surface area contributed by atoms with Crippen molar-refractivity contribution >= 4 is 15.9 Å². The van der Waals surface area contributed by atoms with Crippen LogP contribution in [0.25, 0.3) is 0 Å². The molecule has 0 heterocycles. The normalized spacial score (nSPS) is 12.9. The Balaban J connectivity index is 3.07. The molecule has 1 nitrogen and oxygen atoms in total. The molecule has 72 valence electrons. The maximum atomic E-state index is 9.08. The van der Waals surface area contributed by atoms with Gasteiger partial charge in [0, 0.05) is 17.0 Å². The first-order valence-corrected chi connectivity index (χ1v) is 5.37. The van der Waals surface area contributed by atoms with Crippen molar-refractivity contribution in [2.75, 3.05) is 6.61 Å². The molecule has 0 saturated heterocycles. The van der Waals surface area contributed by atoms with Crippen molar-refractivity contribution in [1.29, 1.82) is 0 Å². The molecule has 2 heteroatoms. The highest BCUT2D eigenvalue weighted by Crippen LogP contribution is 2.24. The first-order chi connectivity index (χ1) is 6.19. The van der Waals surface area contributed by atoms with Gasteiger partial charge in [0.25, 0.3) is 0 Å². The van der Waals surface area contributed by atoms with Crippen LogP contribution in [0.3, 0.4) is 0 Å². The van der Waals surface area contributed by atoms with Crippen molar-refractivity contribution in [2.45, 2.75) is 26.2 Å². The summed E-state index contributed by atoms with van der Waals surface area (Å²) in [4.78, 5) is 0. The third kappa shape index (κ3) is 2.55. The molecule has 1 aromatic rings.